The van der Waals surface area contributed by atoms with Crippen molar-refractivity contribution in [1.82, 2.24) is 0 Å². The molecule has 1 unspecified atom stereocenters. The summed E-state index contributed by atoms with van der Waals surface area (Å²) >= 11 is 0. The Balaban J connectivity index is 2.30. The molecule has 0 heterocycles. The van der Waals surface area contributed by atoms with E-state index in [4.69, 9.17) is 0 Å². The summed E-state index contributed by atoms with van der Waals surface area (Å²) in [5, 5.41) is 10.9. The van der Waals surface area contributed by atoms with E-state index in [-0.39, 0.29) is 20.1 Å². The lowest BCUT2D eigenvalue weighted by atomic mass is 10.3. The average Bonchev–Trinajstić information content (AvgIpc) is 2.24. The van der Waals surface area contributed by atoms with Crippen LogP contribution in [-0.2, 0) is 0 Å². The van der Waals surface area contributed by atoms with Gasteiger partial charge in [-0.15, -0.1) is 0 Å². The van der Waals surface area contributed by atoms with Crippen molar-refractivity contribution in [3.63, 3.8) is 0 Å². The van der Waals surface area contributed by atoms with Crippen LogP contribution >= 0.6 is 8.58 Å². The van der Waals surface area contributed by atoms with Crippen LogP contribution in [0.15, 0.2) is 48.5 Å². The minimum Gasteiger partial charge on any atom is -0.507 e. The van der Waals surface area contributed by atoms with Crippen LogP contribution in [0.1, 0.15) is 0 Å². The van der Waals surface area contributed by atoms with Gasteiger partial charge < -0.3 is 5.11 Å². The lowest BCUT2D eigenvalue weighted by Gasteiger charge is -2.05. The number of hydrogen-bond acceptors (Lipinski definition) is 1. The number of aromatic hydroxyl groups is 1. The summed E-state index contributed by atoms with van der Waals surface area (Å²) in [6.07, 6.45) is 0. The molecule has 1 atom stereocenters. The summed E-state index contributed by atoms with van der Waals surface area (Å²) in [5.74, 6) is -0.00169. The van der Waals surface area contributed by atoms with Crippen molar-refractivity contribution in [3.8, 4) is 5.75 Å². The molecule has 0 saturated carbocycles. The number of phenolic OH excluding ortho intramolecular Hbond substituents is 1. The fourth-order valence-corrected chi connectivity index (χ4v) is 2.35. The zero-order valence-corrected chi connectivity index (χ0v) is 8.94. The van der Waals surface area contributed by atoms with E-state index in [0.717, 1.165) is 5.30 Å². The number of phenols is 1. The Morgan fingerprint density at radius 1 is 0.867 bits per heavy atom. The second-order valence-corrected chi connectivity index (χ2v) is 4.45. The zero-order valence-electron chi connectivity index (χ0n) is 7.94. The molecule has 0 radical (unpaired) electrons. The number of para-hydroxylation sites is 1. The smallest absolute Gasteiger partial charge is 0.130 e. The van der Waals surface area contributed by atoms with E-state index >= 15 is 0 Å². The Hall–Kier alpha value is -1.40. The molecule has 0 aliphatic heterocycles. The fourth-order valence-electron chi connectivity index (χ4n) is 1.29. The predicted octanol–water partition coefficient (Wildman–Crippen LogP) is 2.16. The first-order valence-electron chi connectivity index (χ1n) is 4.57. The highest BCUT2D eigenvalue weighted by atomic mass is 31.1. The third-order valence-electron chi connectivity index (χ3n) is 2.05. The normalized spacial score (nSPS) is 11.0. The SMILES string of the molecule is Oc1ccccc1Pc1ccccc1F. The predicted molar refractivity (Wildman–Crippen MR) is 62.1 cm³/mol. The summed E-state index contributed by atoms with van der Waals surface area (Å²) < 4.78 is 13.3. The highest BCUT2D eigenvalue weighted by Crippen LogP contribution is 2.18. The Kier molecular flexibility index (Phi) is 2.98. The minimum absolute atomic E-state index is 0.149. The molecule has 2 rings (SSSR count). The number of benzene rings is 2. The number of rotatable bonds is 2. The van der Waals surface area contributed by atoms with Gasteiger partial charge in [-0.25, -0.2) is 4.39 Å². The Morgan fingerprint density at radius 3 is 2.13 bits per heavy atom. The summed E-state index contributed by atoms with van der Waals surface area (Å²) in [6, 6.07) is 13.6. The lowest BCUT2D eigenvalue weighted by molar-refractivity contribution is 0.480. The van der Waals surface area contributed by atoms with Crippen LogP contribution in [0.2, 0.25) is 0 Å². The molecule has 3 heteroatoms. The monoisotopic (exact) mass is 220 g/mol. The molecule has 0 amide bonds. The minimum atomic E-state index is -0.223. The van der Waals surface area contributed by atoms with Crippen LogP contribution in [0.25, 0.3) is 0 Å². The third-order valence-corrected chi connectivity index (χ3v) is 3.41. The number of halogens is 1. The highest BCUT2D eigenvalue weighted by molar-refractivity contribution is 7.55. The quantitative estimate of drug-likeness (QED) is 0.769. The number of hydrogen-bond donors (Lipinski definition) is 1. The largest absolute Gasteiger partial charge is 0.507 e. The topological polar surface area (TPSA) is 20.2 Å². The fraction of sp³-hybridized carbons (Fsp3) is 0. The van der Waals surface area contributed by atoms with Crippen molar-refractivity contribution in [2.75, 3.05) is 0 Å². The van der Waals surface area contributed by atoms with Gasteiger partial charge in [0.1, 0.15) is 11.6 Å². The molecule has 0 aliphatic carbocycles. The van der Waals surface area contributed by atoms with Gasteiger partial charge in [0, 0.05) is 10.6 Å². The second kappa shape index (κ2) is 4.41. The maximum absolute atomic E-state index is 13.3. The van der Waals surface area contributed by atoms with Gasteiger partial charge in [-0.1, -0.05) is 45.0 Å². The van der Waals surface area contributed by atoms with Crippen LogP contribution in [-0.4, -0.2) is 5.11 Å². The maximum Gasteiger partial charge on any atom is 0.130 e. The molecule has 0 aliphatic rings. The summed E-state index contributed by atoms with van der Waals surface area (Å²) in [6.45, 7) is 0. The van der Waals surface area contributed by atoms with E-state index in [0.29, 0.717) is 5.30 Å². The molecule has 0 fully saturated rings. The molecule has 1 nitrogen and oxygen atoms in total. The maximum atomic E-state index is 13.3. The Labute approximate surface area is 89.4 Å². The Morgan fingerprint density at radius 2 is 1.47 bits per heavy atom. The summed E-state index contributed by atoms with van der Waals surface area (Å²) in [7, 11) is 0.149. The molecule has 0 bridgehead atoms. The first kappa shape index (κ1) is 10.1. The van der Waals surface area contributed by atoms with Crippen molar-refractivity contribution in [3.05, 3.63) is 54.3 Å². The van der Waals surface area contributed by atoms with Crippen LogP contribution < -0.4 is 10.6 Å². The van der Waals surface area contributed by atoms with Crippen LogP contribution in [0, 0.1) is 5.82 Å². The first-order valence-corrected chi connectivity index (χ1v) is 5.57. The lowest BCUT2D eigenvalue weighted by Crippen LogP contribution is -2.07. The van der Waals surface area contributed by atoms with Crippen molar-refractivity contribution >= 4 is 19.2 Å². The van der Waals surface area contributed by atoms with Crippen LogP contribution in [0.4, 0.5) is 4.39 Å². The summed E-state index contributed by atoms with van der Waals surface area (Å²) in [4.78, 5) is 0. The molecular weight excluding hydrogens is 210 g/mol. The van der Waals surface area contributed by atoms with Gasteiger partial charge in [-0.3, -0.25) is 0 Å². The first-order chi connectivity index (χ1) is 7.27. The van der Waals surface area contributed by atoms with E-state index in [1.807, 2.05) is 6.07 Å². The van der Waals surface area contributed by atoms with Gasteiger partial charge in [0.05, 0.1) is 0 Å². The van der Waals surface area contributed by atoms with Gasteiger partial charge in [-0.2, -0.15) is 0 Å². The zero-order chi connectivity index (χ0) is 10.7. The van der Waals surface area contributed by atoms with Crippen LogP contribution in [0.5, 0.6) is 5.75 Å². The van der Waals surface area contributed by atoms with Crippen molar-refractivity contribution in [2.45, 2.75) is 0 Å². The van der Waals surface area contributed by atoms with E-state index < -0.39 is 0 Å². The molecule has 15 heavy (non-hydrogen) atoms. The standard InChI is InChI=1S/C12H10FOP/c13-9-5-1-3-7-11(9)15-12-8-4-2-6-10(12)14/h1-8,14-15H. The van der Waals surface area contributed by atoms with Gasteiger partial charge >= 0.3 is 0 Å². The van der Waals surface area contributed by atoms with Gasteiger partial charge in [0.2, 0.25) is 0 Å². The van der Waals surface area contributed by atoms with E-state index in [2.05, 4.69) is 0 Å². The molecule has 0 spiro atoms. The van der Waals surface area contributed by atoms with Crippen LogP contribution in [0.3, 0.4) is 0 Å². The van der Waals surface area contributed by atoms with E-state index in [1.54, 1.807) is 36.4 Å². The molecule has 1 N–H and O–H groups in total. The van der Waals surface area contributed by atoms with Gasteiger partial charge in [0.25, 0.3) is 0 Å². The van der Waals surface area contributed by atoms with Crippen molar-refractivity contribution in [2.24, 2.45) is 0 Å². The molecule has 76 valence electrons. The average molecular weight is 220 g/mol. The highest BCUT2D eigenvalue weighted by Gasteiger charge is 2.04. The van der Waals surface area contributed by atoms with E-state index in [9.17, 15) is 9.50 Å². The molecule has 0 aromatic heterocycles. The Bertz CT molecular complexity index is 427. The van der Waals surface area contributed by atoms with E-state index in [1.165, 1.54) is 6.07 Å². The van der Waals surface area contributed by atoms with Crippen molar-refractivity contribution < 1.29 is 9.50 Å². The van der Waals surface area contributed by atoms with Gasteiger partial charge in [0.15, 0.2) is 0 Å². The second-order valence-electron chi connectivity index (χ2n) is 3.12. The summed E-state index contributed by atoms with van der Waals surface area (Å²) in [5.41, 5.74) is 0. The molecule has 0 saturated heterocycles. The third kappa shape index (κ3) is 2.34. The molecule has 2 aromatic rings. The van der Waals surface area contributed by atoms with Crippen molar-refractivity contribution in [1.29, 1.82) is 0 Å². The molecule has 2 aromatic carbocycles. The molecular formula is C12H10FOP. The van der Waals surface area contributed by atoms with Gasteiger partial charge in [-0.05, 0) is 12.1 Å².